The maximum Gasteiger partial charge on any atom is 0.153 e. The standard InChI is InChI=1S/C16H15FO4/c1-19-15-5-2-12(11-18)16(10-15)21-9-8-20-14-6-3-13(17)4-7-14/h2-7,10-11H,8-9H2,1H3. The molecule has 0 bridgehead atoms. The molecular formula is C16H15FO4. The molecule has 0 saturated carbocycles. The Hall–Kier alpha value is -2.56. The van der Waals surface area contributed by atoms with E-state index in [1.807, 2.05) is 0 Å². The number of carbonyl (C=O) groups excluding carboxylic acids is 1. The van der Waals surface area contributed by atoms with Crippen LogP contribution in [0.3, 0.4) is 0 Å². The van der Waals surface area contributed by atoms with Crippen LogP contribution in [0.4, 0.5) is 4.39 Å². The van der Waals surface area contributed by atoms with Gasteiger partial charge >= 0.3 is 0 Å². The van der Waals surface area contributed by atoms with Crippen molar-refractivity contribution >= 4 is 6.29 Å². The molecule has 0 aromatic heterocycles. The fourth-order valence-electron chi connectivity index (χ4n) is 1.71. The van der Waals surface area contributed by atoms with E-state index < -0.39 is 0 Å². The first kappa shape index (κ1) is 14.8. The molecule has 0 N–H and O–H groups in total. The van der Waals surface area contributed by atoms with Crippen LogP contribution < -0.4 is 14.2 Å². The Kier molecular flexibility index (Phi) is 5.15. The van der Waals surface area contributed by atoms with Crippen LogP contribution in [0.15, 0.2) is 42.5 Å². The average Bonchev–Trinajstić information content (AvgIpc) is 2.53. The van der Waals surface area contributed by atoms with Gasteiger partial charge in [-0.3, -0.25) is 4.79 Å². The summed E-state index contributed by atoms with van der Waals surface area (Å²) in [5, 5.41) is 0. The second-order valence-corrected chi connectivity index (χ2v) is 4.17. The molecular weight excluding hydrogens is 275 g/mol. The van der Waals surface area contributed by atoms with Gasteiger partial charge in [0.05, 0.1) is 12.7 Å². The molecule has 2 rings (SSSR count). The number of aldehydes is 1. The van der Waals surface area contributed by atoms with E-state index in [0.29, 0.717) is 22.8 Å². The van der Waals surface area contributed by atoms with E-state index in [4.69, 9.17) is 14.2 Å². The molecule has 110 valence electrons. The Labute approximate surface area is 122 Å². The summed E-state index contributed by atoms with van der Waals surface area (Å²) in [7, 11) is 1.54. The van der Waals surface area contributed by atoms with E-state index in [1.165, 1.54) is 31.4 Å². The quantitative estimate of drug-likeness (QED) is 0.580. The highest BCUT2D eigenvalue weighted by atomic mass is 19.1. The van der Waals surface area contributed by atoms with E-state index in [-0.39, 0.29) is 19.0 Å². The minimum atomic E-state index is -0.314. The summed E-state index contributed by atoms with van der Waals surface area (Å²) in [6.07, 6.45) is 0.718. The number of ether oxygens (including phenoxy) is 3. The van der Waals surface area contributed by atoms with Crippen LogP contribution in [0.25, 0.3) is 0 Å². The maximum atomic E-state index is 12.7. The summed E-state index contributed by atoms with van der Waals surface area (Å²) in [4.78, 5) is 10.9. The van der Waals surface area contributed by atoms with Gasteiger partial charge in [0, 0.05) is 6.07 Å². The maximum absolute atomic E-state index is 12.7. The van der Waals surface area contributed by atoms with Crippen molar-refractivity contribution < 1.29 is 23.4 Å². The normalized spacial score (nSPS) is 10.0. The minimum absolute atomic E-state index is 0.255. The smallest absolute Gasteiger partial charge is 0.153 e. The highest BCUT2D eigenvalue weighted by Gasteiger charge is 2.05. The van der Waals surface area contributed by atoms with Gasteiger partial charge in [0.15, 0.2) is 6.29 Å². The zero-order valence-corrected chi connectivity index (χ0v) is 11.5. The topological polar surface area (TPSA) is 44.8 Å². The lowest BCUT2D eigenvalue weighted by molar-refractivity contribution is 0.111. The van der Waals surface area contributed by atoms with E-state index in [1.54, 1.807) is 18.2 Å². The fraction of sp³-hybridized carbons (Fsp3) is 0.188. The van der Waals surface area contributed by atoms with Gasteiger partial charge in [0.1, 0.15) is 36.3 Å². The number of hydrogen-bond acceptors (Lipinski definition) is 4. The first-order valence-corrected chi connectivity index (χ1v) is 6.37. The SMILES string of the molecule is COc1ccc(C=O)c(OCCOc2ccc(F)cc2)c1. The number of halogens is 1. The van der Waals surface area contributed by atoms with Gasteiger partial charge in [0.2, 0.25) is 0 Å². The van der Waals surface area contributed by atoms with Gasteiger partial charge in [-0.15, -0.1) is 0 Å². The lowest BCUT2D eigenvalue weighted by atomic mass is 10.2. The molecule has 0 aliphatic carbocycles. The summed E-state index contributed by atoms with van der Waals surface area (Å²) in [6.45, 7) is 0.534. The molecule has 0 amide bonds. The van der Waals surface area contributed by atoms with Crippen LogP contribution >= 0.6 is 0 Å². The van der Waals surface area contributed by atoms with Crippen molar-refractivity contribution in [2.75, 3.05) is 20.3 Å². The molecule has 0 unspecified atom stereocenters. The second-order valence-electron chi connectivity index (χ2n) is 4.17. The van der Waals surface area contributed by atoms with Gasteiger partial charge in [-0.2, -0.15) is 0 Å². The predicted octanol–water partition coefficient (Wildman–Crippen LogP) is 3.10. The largest absolute Gasteiger partial charge is 0.497 e. The Morgan fingerprint density at radius 3 is 2.33 bits per heavy atom. The van der Waals surface area contributed by atoms with E-state index >= 15 is 0 Å². The van der Waals surface area contributed by atoms with Crippen LogP contribution in [0, 0.1) is 5.82 Å². The van der Waals surface area contributed by atoms with Crippen molar-refractivity contribution in [2.45, 2.75) is 0 Å². The zero-order valence-electron chi connectivity index (χ0n) is 11.5. The summed E-state index contributed by atoms with van der Waals surface area (Å²) < 4.78 is 28.7. The number of hydrogen-bond donors (Lipinski definition) is 0. The lowest BCUT2D eigenvalue weighted by Crippen LogP contribution is -2.10. The van der Waals surface area contributed by atoms with Crippen LogP contribution in [0.2, 0.25) is 0 Å². The van der Waals surface area contributed by atoms with Gasteiger partial charge in [-0.25, -0.2) is 4.39 Å². The molecule has 0 aliphatic heterocycles. The third kappa shape index (κ3) is 4.21. The van der Waals surface area contributed by atoms with Crippen molar-refractivity contribution in [3.8, 4) is 17.2 Å². The molecule has 0 spiro atoms. The first-order valence-electron chi connectivity index (χ1n) is 6.37. The van der Waals surface area contributed by atoms with Gasteiger partial charge < -0.3 is 14.2 Å². The molecule has 0 fully saturated rings. The molecule has 0 radical (unpaired) electrons. The molecule has 4 nitrogen and oxygen atoms in total. The van der Waals surface area contributed by atoms with Crippen molar-refractivity contribution in [2.24, 2.45) is 0 Å². The highest BCUT2D eigenvalue weighted by molar-refractivity contribution is 5.79. The number of methoxy groups -OCH3 is 1. The molecule has 0 saturated heterocycles. The molecule has 0 aliphatic rings. The number of rotatable bonds is 7. The Bertz CT molecular complexity index is 596. The van der Waals surface area contributed by atoms with Crippen molar-refractivity contribution in [1.29, 1.82) is 0 Å². The third-order valence-electron chi connectivity index (χ3n) is 2.77. The Morgan fingerprint density at radius 1 is 1.00 bits per heavy atom. The summed E-state index contributed by atoms with van der Waals surface area (Å²) >= 11 is 0. The number of benzene rings is 2. The summed E-state index contributed by atoms with van der Waals surface area (Å²) in [5.41, 5.74) is 0.442. The van der Waals surface area contributed by atoms with E-state index in [2.05, 4.69) is 0 Å². The molecule has 2 aromatic carbocycles. The zero-order chi connectivity index (χ0) is 15.1. The van der Waals surface area contributed by atoms with Crippen molar-refractivity contribution in [1.82, 2.24) is 0 Å². The van der Waals surface area contributed by atoms with Crippen LogP contribution in [-0.4, -0.2) is 26.6 Å². The van der Waals surface area contributed by atoms with Gasteiger partial charge in [0.25, 0.3) is 0 Å². The minimum Gasteiger partial charge on any atom is -0.497 e. The van der Waals surface area contributed by atoms with E-state index in [9.17, 15) is 9.18 Å². The molecule has 0 atom stereocenters. The monoisotopic (exact) mass is 290 g/mol. The fourth-order valence-corrected chi connectivity index (χ4v) is 1.71. The third-order valence-corrected chi connectivity index (χ3v) is 2.77. The van der Waals surface area contributed by atoms with Gasteiger partial charge in [-0.05, 0) is 36.4 Å². The van der Waals surface area contributed by atoms with Crippen LogP contribution in [0.5, 0.6) is 17.2 Å². The Morgan fingerprint density at radius 2 is 1.67 bits per heavy atom. The van der Waals surface area contributed by atoms with Crippen LogP contribution in [-0.2, 0) is 0 Å². The average molecular weight is 290 g/mol. The van der Waals surface area contributed by atoms with Crippen molar-refractivity contribution in [3.63, 3.8) is 0 Å². The molecule has 0 heterocycles. The molecule has 21 heavy (non-hydrogen) atoms. The molecule has 5 heteroatoms. The van der Waals surface area contributed by atoms with Gasteiger partial charge in [-0.1, -0.05) is 0 Å². The van der Waals surface area contributed by atoms with Crippen LogP contribution in [0.1, 0.15) is 10.4 Å². The predicted molar refractivity (Wildman–Crippen MR) is 75.8 cm³/mol. The lowest BCUT2D eigenvalue weighted by Gasteiger charge is -2.11. The Balaban J connectivity index is 1.88. The van der Waals surface area contributed by atoms with Crippen molar-refractivity contribution in [3.05, 3.63) is 53.8 Å². The summed E-state index contributed by atoms with van der Waals surface area (Å²) in [5.74, 6) is 1.29. The molecule has 2 aromatic rings. The highest BCUT2D eigenvalue weighted by Crippen LogP contribution is 2.23. The van der Waals surface area contributed by atoms with E-state index in [0.717, 1.165) is 6.29 Å². The first-order chi connectivity index (χ1) is 10.2. The second kappa shape index (κ2) is 7.28. The summed E-state index contributed by atoms with van der Waals surface area (Å²) in [6, 6.07) is 10.7. The number of carbonyl (C=O) groups is 1.